The summed E-state index contributed by atoms with van der Waals surface area (Å²) in [5, 5.41) is 2.16. The number of carbonyl (C=O) groups excluding carboxylic acids is 3. The van der Waals surface area contributed by atoms with Gasteiger partial charge in [0.2, 0.25) is 0 Å². The van der Waals surface area contributed by atoms with E-state index in [0.29, 0.717) is 17.1 Å². The van der Waals surface area contributed by atoms with Gasteiger partial charge in [-0.3, -0.25) is 19.8 Å². The monoisotopic (exact) mass is 420 g/mol. The zero-order valence-corrected chi connectivity index (χ0v) is 16.2. The number of rotatable bonds is 6. The second kappa shape index (κ2) is 8.66. The normalized spacial score (nSPS) is 15.3. The van der Waals surface area contributed by atoms with Crippen LogP contribution in [0.4, 0.5) is 9.18 Å². The molecule has 4 amide bonds. The van der Waals surface area contributed by atoms with Gasteiger partial charge in [0.25, 0.3) is 11.8 Å². The molecule has 0 unspecified atom stereocenters. The van der Waals surface area contributed by atoms with Gasteiger partial charge in [-0.1, -0.05) is 24.3 Å². The van der Waals surface area contributed by atoms with Gasteiger partial charge in [-0.05, 0) is 53.6 Å². The lowest BCUT2D eigenvalue weighted by Crippen LogP contribution is -2.53. The molecule has 156 valence electrons. The standard InChI is InChI=1S/C23H17FN2O5/c24-17-7-3-16(4-8-17)14-31-18-9-5-15(6-10-18)12-20-21(27)25-23(29)26(22(20)28)13-19-2-1-11-30-19/h1-12H,13-14H2,(H,25,27,29)/b20-12+. The highest BCUT2D eigenvalue weighted by Crippen LogP contribution is 2.20. The molecule has 1 fully saturated rings. The lowest BCUT2D eigenvalue weighted by Gasteiger charge is -2.25. The molecule has 0 saturated carbocycles. The molecular formula is C23H17FN2O5. The van der Waals surface area contributed by atoms with Crippen molar-refractivity contribution in [3.05, 3.63) is 95.2 Å². The fourth-order valence-corrected chi connectivity index (χ4v) is 2.97. The third-order valence-corrected chi connectivity index (χ3v) is 4.59. The summed E-state index contributed by atoms with van der Waals surface area (Å²) in [6.07, 6.45) is 2.84. The maximum Gasteiger partial charge on any atom is 0.331 e. The molecule has 0 radical (unpaired) electrons. The molecule has 1 saturated heterocycles. The number of amides is 4. The summed E-state index contributed by atoms with van der Waals surface area (Å²) in [6.45, 7) is 0.184. The number of carbonyl (C=O) groups is 3. The molecule has 8 heteroatoms. The minimum absolute atomic E-state index is 0.0849. The van der Waals surface area contributed by atoms with Crippen LogP contribution in [0.3, 0.4) is 0 Å². The number of urea groups is 1. The Kier molecular flexibility index (Phi) is 5.61. The summed E-state index contributed by atoms with van der Waals surface area (Å²) < 4.78 is 23.8. The Balaban J connectivity index is 1.46. The van der Waals surface area contributed by atoms with Crippen molar-refractivity contribution in [3.8, 4) is 5.75 Å². The number of nitrogens with one attached hydrogen (secondary N) is 1. The van der Waals surface area contributed by atoms with Crippen LogP contribution in [0.5, 0.6) is 5.75 Å². The van der Waals surface area contributed by atoms with Crippen molar-refractivity contribution in [1.82, 2.24) is 10.2 Å². The Bertz CT molecular complexity index is 1140. The number of nitrogens with zero attached hydrogens (tertiary/aromatic N) is 1. The Hall–Kier alpha value is -4.20. The number of barbiturate groups is 1. The SMILES string of the molecule is O=C1NC(=O)N(Cc2ccco2)C(=O)/C1=C/c1ccc(OCc2ccc(F)cc2)cc1. The molecule has 7 nitrogen and oxygen atoms in total. The van der Waals surface area contributed by atoms with Crippen molar-refractivity contribution < 1.29 is 27.9 Å². The molecule has 31 heavy (non-hydrogen) atoms. The fraction of sp³-hybridized carbons (Fsp3) is 0.0870. The van der Waals surface area contributed by atoms with Crippen LogP contribution in [0.15, 0.2) is 76.9 Å². The van der Waals surface area contributed by atoms with Crippen molar-refractivity contribution in [3.63, 3.8) is 0 Å². The van der Waals surface area contributed by atoms with E-state index in [1.807, 2.05) is 0 Å². The van der Waals surface area contributed by atoms with E-state index in [1.54, 1.807) is 48.5 Å². The fourth-order valence-electron chi connectivity index (χ4n) is 2.97. The van der Waals surface area contributed by atoms with Gasteiger partial charge >= 0.3 is 6.03 Å². The summed E-state index contributed by atoms with van der Waals surface area (Å²) in [4.78, 5) is 37.9. The van der Waals surface area contributed by atoms with Crippen molar-refractivity contribution in [1.29, 1.82) is 0 Å². The Morgan fingerprint density at radius 2 is 1.74 bits per heavy atom. The lowest BCUT2D eigenvalue weighted by molar-refractivity contribution is -0.130. The third kappa shape index (κ3) is 4.69. The summed E-state index contributed by atoms with van der Waals surface area (Å²) in [5.41, 5.74) is 1.24. The number of imide groups is 2. The van der Waals surface area contributed by atoms with Gasteiger partial charge < -0.3 is 9.15 Å². The molecular weight excluding hydrogens is 403 g/mol. The number of benzene rings is 2. The molecule has 0 bridgehead atoms. The predicted molar refractivity (Wildman–Crippen MR) is 108 cm³/mol. The first-order valence-corrected chi connectivity index (χ1v) is 9.38. The highest BCUT2D eigenvalue weighted by atomic mass is 19.1. The summed E-state index contributed by atoms with van der Waals surface area (Å²) >= 11 is 0. The third-order valence-electron chi connectivity index (χ3n) is 4.59. The van der Waals surface area contributed by atoms with E-state index in [9.17, 15) is 18.8 Å². The summed E-state index contributed by atoms with van der Waals surface area (Å²) in [7, 11) is 0. The van der Waals surface area contributed by atoms with E-state index in [0.717, 1.165) is 10.5 Å². The first-order valence-electron chi connectivity index (χ1n) is 9.38. The number of hydrogen-bond acceptors (Lipinski definition) is 5. The van der Waals surface area contributed by atoms with Crippen LogP contribution in [0.25, 0.3) is 6.08 Å². The highest BCUT2D eigenvalue weighted by Gasteiger charge is 2.36. The average molecular weight is 420 g/mol. The van der Waals surface area contributed by atoms with Gasteiger partial charge in [0, 0.05) is 0 Å². The van der Waals surface area contributed by atoms with Gasteiger partial charge in [-0.2, -0.15) is 0 Å². The number of hydrogen-bond donors (Lipinski definition) is 1. The predicted octanol–water partition coefficient (Wildman–Crippen LogP) is 3.66. The van der Waals surface area contributed by atoms with E-state index in [4.69, 9.17) is 9.15 Å². The van der Waals surface area contributed by atoms with E-state index in [1.165, 1.54) is 24.5 Å². The summed E-state index contributed by atoms with van der Waals surface area (Å²) in [6, 6.07) is 15.2. The molecule has 1 aromatic heterocycles. The van der Waals surface area contributed by atoms with Crippen LogP contribution in [-0.4, -0.2) is 22.7 Å². The molecule has 3 aromatic rings. The van der Waals surface area contributed by atoms with Gasteiger partial charge in [-0.25, -0.2) is 9.18 Å². The maximum absolute atomic E-state index is 13.0. The first-order chi connectivity index (χ1) is 15.0. The minimum atomic E-state index is -0.798. The maximum atomic E-state index is 13.0. The number of ether oxygens (including phenoxy) is 1. The molecule has 0 spiro atoms. The van der Waals surface area contributed by atoms with Crippen molar-refractivity contribution >= 4 is 23.9 Å². The van der Waals surface area contributed by atoms with Gasteiger partial charge in [0.15, 0.2) is 0 Å². The van der Waals surface area contributed by atoms with Crippen molar-refractivity contribution in [2.75, 3.05) is 0 Å². The number of halogens is 1. The van der Waals surface area contributed by atoms with Crippen LogP contribution in [0.1, 0.15) is 16.9 Å². The topological polar surface area (TPSA) is 88.9 Å². The molecule has 2 heterocycles. The van der Waals surface area contributed by atoms with Crippen LogP contribution >= 0.6 is 0 Å². The van der Waals surface area contributed by atoms with E-state index >= 15 is 0 Å². The Morgan fingerprint density at radius 3 is 2.42 bits per heavy atom. The molecule has 4 rings (SSSR count). The highest BCUT2D eigenvalue weighted by molar-refractivity contribution is 6.30. The van der Waals surface area contributed by atoms with Crippen molar-refractivity contribution in [2.24, 2.45) is 0 Å². The largest absolute Gasteiger partial charge is 0.489 e. The number of furan rings is 1. The van der Waals surface area contributed by atoms with E-state index in [-0.39, 0.29) is 24.5 Å². The zero-order valence-electron chi connectivity index (χ0n) is 16.2. The van der Waals surface area contributed by atoms with E-state index in [2.05, 4.69) is 5.32 Å². The van der Waals surface area contributed by atoms with E-state index < -0.39 is 17.8 Å². The quantitative estimate of drug-likeness (QED) is 0.486. The van der Waals surface area contributed by atoms with Gasteiger partial charge in [0.1, 0.15) is 29.5 Å². The van der Waals surface area contributed by atoms with Gasteiger partial charge in [-0.15, -0.1) is 0 Å². The van der Waals surface area contributed by atoms with Crippen molar-refractivity contribution in [2.45, 2.75) is 13.2 Å². The molecule has 0 atom stereocenters. The van der Waals surface area contributed by atoms with Crippen LogP contribution < -0.4 is 10.1 Å². The first kappa shape index (κ1) is 20.1. The Morgan fingerprint density at radius 1 is 1.00 bits per heavy atom. The van der Waals surface area contributed by atoms with Crippen LogP contribution in [0.2, 0.25) is 0 Å². The van der Waals surface area contributed by atoms with Crippen LogP contribution in [-0.2, 0) is 22.7 Å². The zero-order chi connectivity index (χ0) is 21.8. The minimum Gasteiger partial charge on any atom is -0.489 e. The lowest BCUT2D eigenvalue weighted by atomic mass is 10.1. The van der Waals surface area contributed by atoms with Gasteiger partial charge in [0.05, 0.1) is 12.8 Å². The molecule has 0 aliphatic carbocycles. The molecule has 1 aliphatic heterocycles. The second-order valence-corrected chi connectivity index (χ2v) is 6.77. The smallest absolute Gasteiger partial charge is 0.331 e. The average Bonchev–Trinajstić information content (AvgIpc) is 3.28. The molecule has 2 aromatic carbocycles. The molecule has 1 aliphatic rings. The summed E-state index contributed by atoms with van der Waals surface area (Å²) in [5.74, 6) is -0.795. The molecule has 1 N–H and O–H groups in total. The second-order valence-electron chi connectivity index (χ2n) is 6.77. The van der Waals surface area contributed by atoms with Crippen LogP contribution in [0, 0.1) is 5.82 Å². The Labute approximate surface area is 176 Å².